The number of nitrogens with two attached hydrogens (primary N) is 1. The third kappa shape index (κ3) is 2.10. The Hall–Kier alpha value is -0.380. The number of ether oxygens (including phenoxy) is 1. The van der Waals surface area contributed by atoms with Gasteiger partial charge in [0.15, 0.2) is 0 Å². The Labute approximate surface area is 83.7 Å². The Morgan fingerprint density at radius 3 is 2.77 bits per heavy atom. The highest BCUT2D eigenvalue weighted by Crippen LogP contribution is 2.30. The van der Waals surface area contributed by atoms with Crippen LogP contribution >= 0.6 is 11.3 Å². The zero-order chi connectivity index (χ0) is 9.90. The van der Waals surface area contributed by atoms with E-state index in [1.54, 1.807) is 18.4 Å². The molecule has 0 saturated carbocycles. The van der Waals surface area contributed by atoms with Gasteiger partial charge in [-0.1, -0.05) is 6.92 Å². The maximum absolute atomic E-state index is 6.12. The van der Waals surface area contributed by atoms with Crippen molar-refractivity contribution in [3.8, 4) is 0 Å². The molecule has 0 spiro atoms. The second-order valence-corrected chi connectivity index (χ2v) is 4.18. The smallest absolute Gasteiger partial charge is 0.0840 e. The average Bonchev–Trinajstić information content (AvgIpc) is 2.68. The molecule has 1 rings (SSSR count). The zero-order valence-electron chi connectivity index (χ0n) is 8.41. The number of thiophene rings is 1. The van der Waals surface area contributed by atoms with Crippen molar-refractivity contribution >= 4 is 11.3 Å². The lowest BCUT2D eigenvalue weighted by Gasteiger charge is -2.32. The van der Waals surface area contributed by atoms with Crippen molar-refractivity contribution < 1.29 is 4.74 Å². The topological polar surface area (TPSA) is 35.2 Å². The van der Waals surface area contributed by atoms with Crippen molar-refractivity contribution in [1.29, 1.82) is 0 Å². The molecule has 2 N–H and O–H groups in total. The summed E-state index contributed by atoms with van der Waals surface area (Å²) in [6.45, 7) is 4.14. The van der Waals surface area contributed by atoms with Gasteiger partial charge in [0.2, 0.25) is 0 Å². The Bertz CT molecular complexity index is 241. The molecule has 0 bridgehead atoms. The largest absolute Gasteiger partial charge is 0.377 e. The summed E-state index contributed by atoms with van der Waals surface area (Å²) < 4.78 is 5.45. The molecule has 0 amide bonds. The van der Waals surface area contributed by atoms with Gasteiger partial charge in [0, 0.05) is 7.11 Å². The minimum atomic E-state index is -0.249. The van der Waals surface area contributed by atoms with Gasteiger partial charge in [-0.2, -0.15) is 11.3 Å². The van der Waals surface area contributed by atoms with Gasteiger partial charge in [0.25, 0.3) is 0 Å². The zero-order valence-corrected chi connectivity index (χ0v) is 9.23. The van der Waals surface area contributed by atoms with Crippen molar-refractivity contribution in [2.24, 2.45) is 5.73 Å². The number of hydrogen-bond donors (Lipinski definition) is 1. The average molecular weight is 199 g/mol. The van der Waals surface area contributed by atoms with E-state index in [0.29, 0.717) is 0 Å². The fourth-order valence-corrected chi connectivity index (χ4v) is 1.99. The van der Waals surface area contributed by atoms with Gasteiger partial charge >= 0.3 is 0 Å². The van der Waals surface area contributed by atoms with E-state index >= 15 is 0 Å². The van der Waals surface area contributed by atoms with Crippen molar-refractivity contribution in [1.82, 2.24) is 0 Å². The van der Waals surface area contributed by atoms with Crippen LogP contribution in [0.25, 0.3) is 0 Å². The summed E-state index contributed by atoms with van der Waals surface area (Å²) in [6.07, 6.45) is 0.917. The van der Waals surface area contributed by atoms with Crippen LogP contribution in [0.2, 0.25) is 0 Å². The summed E-state index contributed by atoms with van der Waals surface area (Å²) in [5.74, 6) is 0. The summed E-state index contributed by atoms with van der Waals surface area (Å²) in [4.78, 5) is 0. The molecule has 1 aromatic heterocycles. The molecular formula is C10H17NOS. The highest BCUT2D eigenvalue weighted by atomic mass is 32.1. The van der Waals surface area contributed by atoms with Crippen LogP contribution in [0.1, 0.15) is 31.9 Å². The van der Waals surface area contributed by atoms with E-state index in [0.717, 1.165) is 12.0 Å². The van der Waals surface area contributed by atoms with Crippen LogP contribution in [-0.2, 0) is 4.74 Å². The molecule has 1 aromatic rings. The molecule has 0 saturated heterocycles. The maximum Gasteiger partial charge on any atom is 0.0840 e. The minimum absolute atomic E-state index is 0.0336. The lowest BCUT2D eigenvalue weighted by atomic mass is 9.90. The number of rotatable bonds is 4. The third-order valence-corrected chi connectivity index (χ3v) is 3.43. The van der Waals surface area contributed by atoms with E-state index in [-0.39, 0.29) is 11.6 Å². The molecule has 0 aliphatic carbocycles. The molecule has 74 valence electrons. The van der Waals surface area contributed by atoms with Gasteiger partial charge in [-0.15, -0.1) is 0 Å². The Balaban J connectivity index is 2.82. The van der Waals surface area contributed by atoms with Crippen molar-refractivity contribution in [2.75, 3.05) is 7.11 Å². The molecule has 0 fully saturated rings. The van der Waals surface area contributed by atoms with Crippen LogP contribution in [0.5, 0.6) is 0 Å². The van der Waals surface area contributed by atoms with Crippen LogP contribution in [0.3, 0.4) is 0 Å². The number of methoxy groups -OCH3 is 1. The highest BCUT2D eigenvalue weighted by Gasteiger charge is 2.30. The molecular weight excluding hydrogens is 182 g/mol. The molecule has 3 heteroatoms. The Morgan fingerprint density at radius 2 is 2.38 bits per heavy atom. The van der Waals surface area contributed by atoms with E-state index < -0.39 is 0 Å². The fourth-order valence-electron chi connectivity index (χ4n) is 1.30. The Morgan fingerprint density at radius 1 is 1.69 bits per heavy atom. The van der Waals surface area contributed by atoms with Crippen LogP contribution in [0.15, 0.2) is 16.8 Å². The van der Waals surface area contributed by atoms with E-state index in [4.69, 9.17) is 10.5 Å². The molecule has 0 radical (unpaired) electrons. The van der Waals surface area contributed by atoms with Crippen molar-refractivity contribution in [3.63, 3.8) is 0 Å². The SMILES string of the molecule is CCC(C)(OC)C(N)c1ccsc1. The minimum Gasteiger partial charge on any atom is -0.377 e. The lowest BCUT2D eigenvalue weighted by Crippen LogP contribution is -2.39. The van der Waals surface area contributed by atoms with E-state index in [9.17, 15) is 0 Å². The molecule has 0 aliphatic heterocycles. The first-order valence-corrected chi connectivity index (χ1v) is 5.41. The highest BCUT2D eigenvalue weighted by molar-refractivity contribution is 7.07. The summed E-state index contributed by atoms with van der Waals surface area (Å²) in [5, 5.41) is 4.12. The van der Waals surface area contributed by atoms with E-state index in [1.807, 2.05) is 5.38 Å². The predicted octanol–water partition coefficient (Wildman–Crippen LogP) is 2.56. The molecule has 13 heavy (non-hydrogen) atoms. The molecule has 2 atom stereocenters. The van der Waals surface area contributed by atoms with E-state index in [2.05, 4.69) is 25.3 Å². The second kappa shape index (κ2) is 4.22. The summed E-state index contributed by atoms with van der Waals surface area (Å²) in [6, 6.07) is 2.02. The van der Waals surface area contributed by atoms with Crippen LogP contribution in [0.4, 0.5) is 0 Å². The summed E-state index contributed by atoms with van der Waals surface area (Å²) in [5.41, 5.74) is 7.03. The van der Waals surface area contributed by atoms with Gasteiger partial charge < -0.3 is 10.5 Å². The normalized spacial score (nSPS) is 18.2. The van der Waals surface area contributed by atoms with Crippen LogP contribution < -0.4 is 5.73 Å². The Kier molecular flexibility index (Phi) is 3.47. The monoisotopic (exact) mass is 199 g/mol. The van der Waals surface area contributed by atoms with Crippen LogP contribution in [-0.4, -0.2) is 12.7 Å². The second-order valence-electron chi connectivity index (χ2n) is 3.40. The number of hydrogen-bond acceptors (Lipinski definition) is 3. The molecule has 1 heterocycles. The maximum atomic E-state index is 6.12. The lowest BCUT2D eigenvalue weighted by molar-refractivity contribution is -0.0193. The van der Waals surface area contributed by atoms with Crippen molar-refractivity contribution in [3.05, 3.63) is 22.4 Å². The van der Waals surface area contributed by atoms with Crippen molar-refractivity contribution in [2.45, 2.75) is 31.9 Å². The van der Waals surface area contributed by atoms with E-state index in [1.165, 1.54) is 0 Å². The summed E-state index contributed by atoms with van der Waals surface area (Å²) in [7, 11) is 1.72. The molecule has 2 nitrogen and oxygen atoms in total. The molecule has 0 aromatic carbocycles. The van der Waals surface area contributed by atoms with Crippen LogP contribution in [0, 0.1) is 0 Å². The summed E-state index contributed by atoms with van der Waals surface area (Å²) >= 11 is 1.67. The fraction of sp³-hybridized carbons (Fsp3) is 0.600. The standard InChI is InChI=1S/C10H17NOS/c1-4-10(2,12-3)9(11)8-5-6-13-7-8/h5-7,9H,4,11H2,1-3H3. The molecule has 2 unspecified atom stereocenters. The first-order valence-electron chi connectivity index (χ1n) is 4.47. The first-order chi connectivity index (χ1) is 6.14. The van der Waals surface area contributed by atoms with Gasteiger partial charge in [-0.3, -0.25) is 0 Å². The van der Waals surface area contributed by atoms with Gasteiger partial charge in [0.1, 0.15) is 0 Å². The first kappa shape index (κ1) is 10.7. The van der Waals surface area contributed by atoms with Gasteiger partial charge in [-0.25, -0.2) is 0 Å². The quantitative estimate of drug-likeness (QED) is 0.809. The molecule has 0 aliphatic rings. The third-order valence-electron chi connectivity index (χ3n) is 2.73. The van der Waals surface area contributed by atoms with Gasteiger partial charge in [0.05, 0.1) is 11.6 Å². The van der Waals surface area contributed by atoms with Gasteiger partial charge in [-0.05, 0) is 35.7 Å². The predicted molar refractivity (Wildman–Crippen MR) is 57.0 cm³/mol.